The highest BCUT2D eigenvalue weighted by molar-refractivity contribution is 9.10. The number of halogens is 1. The number of ether oxygens (including phenoxy) is 1. The van der Waals surface area contributed by atoms with Crippen molar-refractivity contribution >= 4 is 44.8 Å². The second-order valence-electron chi connectivity index (χ2n) is 7.85. The minimum Gasteiger partial charge on any atom is -0.466 e. The summed E-state index contributed by atoms with van der Waals surface area (Å²) >= 11 is 3.46. The Bertz CT molecular complexity index is 1140. The number of pyridine rings is 1. The third kappa shape index (κ3) is 5.16. The molecule has 166 valence electrons. The van der Waals surface area contributed by atoms with Gasteiger partial charge in [0, 0.05) is 41.2 Å². The summed E-state index contributed by atoms with van der Waals surface area (Å²) in [5, 5.41) is 13.6. The number of benzene rings is 2. The van der Waals surface area contributed by atoms with Crippen LogP contribution in [0.15, 0.2) is 59.1 Å². The number of nitrogens with one attached hydrogen (secondary N) is 1. The average molecular weight is 494 g/mol. The molecule has 0 unspecified atom stereocenters. The molecule has 0 saturated heterocycles. The lowest BCUT2D eigenvalue weighted by Gasteiger charge is -2.27. The molecule has 7 heteroatoms. The van der Waals surface area contributed by atoms with E-state index in [4.69, 9.17) is 15.5 Å². The summed E-state index contributed by atoms with van der Waals surface area (Å²) in [6.45, 7) is 3.91. The van der Waals surface area contributed by atoms with E-state index in [1.54, 1.807) is 6.07 Å². The maximum atomic E-state index is 12.4. The molecule has 0 spiro atoms. The van der Waals surface area contributed by atoms with Crippen LogP contribution in [0.4, 0.5) is 17.2 Å². The lowest BCUT2D eigenvalue weighted by Crippen LogP contribution is -2.13. The summed E-state index contributed by atoms with van der Waals surface area (Å²) in [4.78, 5) is 18.9. The van der Waals surface area contributed by atoms with Crippen LogP contribution < -0.4 is 4.90 Å². The molecule has 1 aromatic heterocycles. The van der Waals surface area contributed by atoms with E-state index in [0.29, 0.717) is 28.3 Å². The minimum absolute atomic E-state index is 0.0583. The van der Waals surface area contributed by atoms with Gasteiger partial charge < -0.3 is 25.3 Å². The number of nitrogens with zero attached hydrogens (tertiary/aromatic N) is 3. The highest BCUT2D eigenvalue weighted by atomic mass is 79.9. The Balaban J connectivity index is 2.26. The molecule has 0 aliphatic rings. The van der Waals surface area contributed by atoms with Crippen LogP contribution >= 0.6 is 15.9 Å². The first-order valence-electron chi connectivity index (χ1n) is 10.2. The van der Waals surface area contributed by atoms with E-state index in [1.165, 1.54) is 7.11 Å². The van der Waals surface area contributed by atoms with Gasteiger partial charge in [-0.15, -0.1) is 0 Å². The zero-order chi connectivity index (χ0) is 23.4. The standard InChI is InChI=1S/C25H26BrN4O2/c1-15(2)23(27)22-20(16-9-11-17(26)12-10-16)14-21(25(31)32-5)29-24(22)28-18-7-6-8-19(13-18)30(3)4/h6-15H,1-5H3,(H-,27,28,29)/q-1. The molecule has 0 bridgehead atoms. The van der Waals surface area contributed by atoms with Gasteiger partial charge in [0.1, 0.15) is 0 Å². The average Bonchev–Trinajstić information content (AvgIpc) is 2.78. The first-order chi connectivity index (χ1) is 15.2. The number of rotatable bonds is 7. The largest absolute Gasteiger partial charge is 0.466 e. The number of hydrogen-bond acceptors (Lipinski definition) is 5. The van der Waals surface area contributed by atoms with Gasteiger partial charge >= 0.3 is 5.97 Å². The van der Waals surface area contributed by atoms with Crippen LogP contribution in [0.2, 0.25) is 0 Å². The fourth-order valence-corrected chi connectivity index (χ4v) is 3.46. The summed E-state index contributed by atoms with van der Waals surface area (Å²) in [5.41, 5.74) is 4.40. The maximum absolute atomic E-state index is 12.4. The van der Waals surface area contributed by atoms with Crippen molar-refractivity contribution in [2.24, 2.45) is 5.92 Å². The van der Waals surface area contributed by atoms with E-state index in [1.807, 2.05) is 81.4 Å². The van der Waals surface area contributed by atoms with Crippen LogP contribution in [0.5, 0.6) is 0 Å². The van der Waals surface area contributed by atoms with Gasteiger partial charge in [0.2, 0.25) is 0 Å². The lowest BCUT2D eigenvalue weighted by molar-refractivity contribution is 0.0594. The van der Waals surface area contributed by atoms with Gasteiger partial charge in [0.15, 0.2) is 0 Å². The van der Waals surface area contributed by atoms with Crippen molar-refractivity contribution in [3.05, 3.63) is 75.6 Å². The summed E-state index contributed by atoms with van der Waals surface area (Å²) in [6, 6.07) is 17.1. The van der Waals surface area contributed by atoms with Gasteiger partial charge in [-0.3, -0.25) is 0 Å². The highest BCUT2D eigenvalue weighted by Crippen LogP contribution is 2.39. The van der Waals surface area contributed by atoms with Crippen LogP contribution in [0.1, 0.15) is 29.9 Å². The normalized spacial score (nSPS) is 10.7. The molecule has 0 aliphatic heterocycles. The lowest BCUT2D eigenvalue weighted by atomic mass is 9.91. The smallest absolute Gasteiger partial charge is 0.333 e. The van der Waals surface area contributed by atoms with Gasteiger partial charge in [-0.2, -0.15) is 0 Å². The molecule has 32 heavy (non-hydrogen) atoms. The van der Waals surface area contributed by atoms with Crippen molar-refractivity contribution < 1.29 is 9.53 Å². The Hall–Kier alpha value is -3.19. The molecule has 3 rings (SSSR count). The number of carbonyl (C=O) groups is 1. The summed E-state index contributed by atoms with van der Waals surface area (Å²) in [7, 11) is 5.24. The van der Waals surface area contributed by atoms with E-state index in [-0.39, 0.29) is 11.6 Å². The zero-order valence-electron chi connectivity index (χ0n) is 18.8. The minimum atomic E-state index is -0.551. The molecule has 0 amide bonds. The Morgan fingerprint density at radius 3 is 2.41 bits per heavy atom. The van der Waals surface area contributed by atoms with Crippen LogP contribution in [0, 0.1) is 11.3 Å². The third-order valence-electron chi connectivity index (χ3n) is 4.98. The van der Waals surface area contributed by atoms with Crippen molar-refractivity contribution in [3.8, 4) is 11.1 Å². The molecule has 1 heterocycles. The van der Waals surface area contributed by atoms with Crippen LogP contribution in [-0.2, 0) is 4.74 Å². The molecule has 0 radical (unpaired) electrons. The molecular weight excluding hydrogens is 468 g/mol. The topological polar surface area (TPSA) is 80.4 Å². The van der Waals surface area contributed by atoms with Gasteiger partial charge in [-0.1, -0.05) is 54.0 Å². The Labute approximate surface area is 197 Å². The molecule has 0 atom stereocenters. The van der Waals surface area contributed by atoms with Crippen LogP contribution in [-0.4, -0.2) is 37.9 Å². The van der Waals surface area contributed by atoms with Crippen molar-refractivity contribution in [3.63, 3.8) is 0 Å². The van der Waals surface area contributed by atoms with E-state index >= 15 is 0 Å². The third-order valence-corrected chi connectivity index (χ3v) is 5.51. The number of carbonyl (C=O) groups excluding carboxylic acids is 1. The summed E-state index contributed by atoms with van der Waals surface area (Å²) in [5.74, 6) is -0.290. The summed E-state index contributed by atoms with van der Waals surface area (Å²) in [6.07, 6.45) is 0. The monoisotopic (exact) mass is 493 g/mol. The highest BCUT2D eigenvalue weighted by Gasteiger charge is 2.18. The SMILES string of the molecule is COC(=O)c1cc(-c2ccc(Br)cc2)c(C(=N)C(C)C)c([N-]c2cccc(N(C)C)c2)n1. The molecule has 1 N–H and O–H groups in total. The van der Waals surface area contributed by atoms with Crippen molar-refractivity contribution in [1.82, 2.24) is 4.98 Å². The number of anilines is 1. The molecular formula is C25H26BrN4O2-. The first-order valence-corrected chi connectivity index (χ1v) is 11.0. The van der Waals surface area contributed by atoms with E-state index in [0.717, 1.165) is 15.7 Å². The fourth-order valence-electron chi connectivity index (χ4n) is 3.20. The van der Waals surface area contributed by atoms with E-state index < -0.39 is 5.97 Å². The number of methoxy groups -OCH3 is 1. The predicted octanol–water partition coefficient (Wildman–Crippen LogP) is 6.72. The molecule has 0 fully saturated rings. The zero-order valence-corrected chi connectivity index (χ0v) is 20.4. The van der Waals surface area contributed by atoms with E-state index in [9.17, 15) is 4.79 Å². The van der Waals surface area contributed by atoms with Gasteiger partial charge in [-0.05, 0) is 58.9 Å². The fraction of sp³-hybridized carbons (Fsp3) is 0.240. The Kier molecular flexibility index (Phi) is 7.30. The first kappa shape index (κ1) is 23.5. The van der Waals surface area contributed by atoms with Gasteiger partial charge in [0.05, 0.1) is 7.11 Å². The van der Waals surface area contributed by atoms with Gasteiger partial charge in [-0.25, -0.2) is 4.79 Å². The second kappa shape index (κ2) is 9.96. The predicted molar refractivity (Wildman–Crippen MR) is 134 cm³/mol. The molecule has 6 nitrogen and oxygen atoms in total. The molecule has 3 aromatic rings. The quantitative estimate of drug-likeness (QED) is 0.292. The Morgan fingerprint density at radius 1 is 1.12 bits per heavy atom. The molecule has 0 saturated carbocycles. The number of esters is 1. The van der Waals surface area contributed by atoms with E-state index in [2.05, 4.69) is 20.9 Å². The van der Waals surface area contributed by atoms with Crippen molar-refractivity contribution in [2.75, 3.05) is 26.1 Å². The molecule has 0 aliphatic carbocycles. The van der Waals surface area contributed by atoms with Gasteiger partial charge in [0.25, 0.3) is 0 Å². The maximum Gasteiger partial charge on any atom is 0.333 e. The Morgan fingerprint density at radius 2 is 1.81 bits per heavy atom. The number of hydrogen-bond donors (Lipinski definition) is 1. The molecule has 2 aromatic carbocycles. The van der Waals surface area contributed by atoms with Crippen LogP contribution in [0.25, 0.3) is 16.4 Å². The second-order valence-corrected chi connectivity index (χ2v) is 8.76. The number of aromatic nitrogens is 1. The summed E-state index contributed by atoms with van der Waals surface area (Å²) < 4.78 is 5.88. The van der Waals surface area contributed by atoms with Crippen molar-refractivity contribution in [2.45, 2.75) is 13.8 Å². The van der Waals surface area contributed by atoms with Crippen molar-refractivity contribution in [1.29, 1.82) is 5.41 Å². The van der Waals surface area contributed by atoms with Crippen LogP contribution in [0.3, 0.4) is 0 Å².